The lowest BCUT2D eigenvalue weighted by Crippen LogP contribution is -1.97. The number of hydrogen-bond donors (Lipinski definition) is 2. The Balaban J connectivity index is 1.41. The van der Waals surface area contributed by atoms with Crippen molar-refractivity contribution in [2.24, 2.45) is 0 Å². The summed E-state index contributed by atoms with van der Waals surface area (Å²) in [6.07, 6.45) is 0.909. The average Bonchev–Trinajstić information content (AvgIpc) is 2.77. The third kappa shape index (κ3) is 4.81. The number of nitrogen functional groups attached to an aromatic ring is 2. The number of nitrogens with two attached hydrogens (primary N) is 2. The van der Waals surface area contributed by atoms with Crippen LogP contribution in [0.2, 0.25) is 0 Å². The number of ether oxygens (including phenoxy) is 1. The average molecular weight is 395 g/mol. The van der Waals surface area contributed by atoms with Gasteiger partial charge in [0.25, 0.3) is 0 Å². The van der Waals surface area contributed by atoms with Gasteiger partial charge < -0.3 is 16.2 Å². The summed E-state index contributed by atoms with van der Waals surface area (Å²) in [5, 5.41) is 0. The van der Waals surface area contributed by atoms with Gasteiger partial charge in [-0.05, 0) is 77.2 Å². The lowest BCUT2D eigenvalue weighted by molar-refractivity contribution is 0.482. The molecule has 0 heterocycles. The zero-order valence-electron chi connectivity index (χ0n) is 17.1. The second kappa shape index (κ2) is 8.75. The van der Waals surface area contributed by atoms with Crippen molar-refractivity contribution in [2.45, 2.75) is 19.3 Å². The predicted octanol–water partition coefficient (Wildman–Crippen LogP) is 6.39. The third-order valence-electron chi connectivity index (χ3n) is 5.36. The van der Waals surface area contributed by atoms with Gasteiger partial charge in [-0.3, -0.25) is 0 Å². The van der Waals surface area contributed by atoms with Crippen LogP contribution in [0.3, 0.4) is 0 Å². The second-order valence-corrected chi connectivity index (χ2v) is 7.62. The van der Waals surface area contributed by atoms with Crippen molar-refractivity contribution >= 4 is 11.4 Å². The van der Waals surface area contributed by atoms with Crippen molar-refractivity contribution < 1.29 is 4.74 Å². The van der Waals surface area contributed by atoms with E-state index in [0.717, 1.165) is 29.3 Å². The minimum Gasteiger partial charge on any atom is -0.457 e. The molecule has 30 heavy (non-hydrogen) atoms. The quantitative estimate of drug-likeness (QED) is 0.373. The molecule has 0 aliphatic heterocycles. The molecular weight excluding hydrogens is 368 g/mol. The molecule has 3 heteroatoms. The zero-order valence-corrected chi connectivity index (χ0v) is 17.1. The summed E-state index contributed by atoms with van der Waals surface area (Å²) in [5.74, 6) is 1.90. The first-order valence-electron chi connectivity index (χ1n) is 10.1. The van der Waals surface area contributed by atoms with Crippen LogP contribution in [0.4, 0.5) is 11.4 Å². The molecule has 0 unspecified atom stereocenters. The van der Waals surface area contributed by atoms with Crippen LogP contribution in [0.25, 0.3) is 0 Å². The summed E-state index contributed by atoms with van der Waals surface area (Å²) in [6.45, 7) is 2.23. The highest BCUT2D eigenvalue weighted by atomic mass is 16.5. The predicted molar refractivity (Wildman–Crippen MR) is 125 cm³/mol. The van der Waals surface area contributed by atoms with Gasteiger partial charge in [-0.25, -0.2) is 0 Å². The normalized spacial score (nSPS) is 11.8. The maximum absolute atomic E-state index is 5.89. The second-order valence-electron chi connectivity index (χ2n) is 7.62. The minimum atomic E-state index is 0.307. The molecule has 0 saturated carbocycles. The molecule has 4 aromatic carbocycles. The summed E-state index contributed by atoms with van der Waals surface area (Å²) in [4.78, 5) is 0. The maximum atomic E-state index is 5.89. The van der Waals surface area contributed by atoms with Gasteiger partial charge in [0.15, 0.2) is 0 Å². The van der Waals surface area contributed by atoms with Crippen molar-refractivity contribution in [3.8, 4) is 11.5 Å². The molecule has 0 bridgehead atoms. The molecule has 0 aliphatic carbocycles. The molecule has 3 nitrogen and oxygen atoms in total. The summed E-state index contributed by atoms with van der Waals surface area (Å²) < 4.78 is 5.89. The molecule has 0 radical (unpaired) electrons. The Bertz CT molecular complexity index is 993. The van der Waals surface area contributed by atoms with Gasteiger partial charge in [0.1, 0.15) is 11.5 Å². The molecule has 0 amide bonds. The Labute approximate surface area is 177 Å². The van der Waals surface area contributed by atoms with Crippen molar-refractivity contribution in [3.05, 3.63) is 119 Å². The lowest BCUT2D eigenvalue weighted by atomic mass is 9.92. The third-order valence-corrected chi connectivity index (χ3v) is 5.36. The van der Waals surface area contributed by atoms with Gasteiger partial charge in [-0.2, -0.15) is 0 Å². The topological polar surface area (TPSA) is 61.3 Å². The van der Waals surface area contributed by atoms with E-state index < -0.39 is 0 Å². The first kappa shape index (κ1) is 19.6. The van der Waals surface area contributed by atoms with E-state index in [-0.39, 0.29) is 0 Å². The molecule has 4 N–H and O–H groups in total. The number of anilines is 2. The lowest BCUT2D eigenvalue weighted by Gasteiger charge is -2.14. The smallest absolute Gasteiger partial charge is 0.127 e. The van der Waals surface area contributed by atoms with E-state index in [4.69, 9.17) is 16.2 Å². The van der Waals surface area contributed by atoms with E-state index in [2.05, 4.69) is 55.5 Å². The van der Waals surface area contributed by atoms with E-state index in [1.54, 1.807) is 0 Å². The Morgan fingerprint density at radius 2 is 0.933 bits per heavy atom. The van der Waals surface area contributed by atoms with Gasteiger partial charge in [-0.1, -0.05) is 55.5 Å². The first-order chi connectivity index (χ1) is 14.6. The van der Waals surface area contributed by atoms with Crippen LogP contribution in [-0.2, 0) is 6.42 Å². The number of hydrogen-bond acceptors (Lipinski definition) is 3. The zero-order chi connectivity index (χ0) is 20.9. The molecule has 0 fully saturated rings. The highest BCUT2D eigenvalue weighted by molar-refractivity contribution is 5.44. The van der Waals surface area contributed by atoms with Crippen LogP contribution in [0, 0.1) is 0 Å². The van der Waals surface area contributed by atoms with Crippen LogP contribution < -0.4 is 16.2 Å². The van der Waals surface area contributed by atoms with Crippen LogP contribution >= 0.6 is 0 Å². The first-order valence-corrected chi connectivity index (χ1v) is 10.1. The van der Waals surface area contributed by atoms with Gasteiger partial charge in [-0.15, -0.1) is 0 Å². The Hall–Kier alpha value is -3.72. The fourth-order valence-corrected chi connectivity index (χ4v) is 3.48. The molecule has 0 aliphatic rings. The molecule has 4 rings (SSSR count). The Morgan fingerprint density at radius 1 is 0.567 bits per heavy atom. The minimum absolute atomic E-state index is 0.307. The molecule has 0 spiro atoms. The SMILES string of the molecule is C[C@@H](c1ccc(Cc2ccc(N)cc2)cc1)c1ccc(Oc2ccc(N)cc2)cc1. The van der Waals surface area contributed by atoms with Gasteiger partial charge in [0.05, 0.1) is 0 Å². The fourth-order valence-electron chi connectivity index (χ4n) is 3.48. The van der Waals surface area contributed by atoms with Crippen molar-refractivity contribution in [2.75, 3.05) is 11.5 Å². The summed E-state index contributed by atoms with van der Waals surface area (Å²) in [7, 11) is 0. The van der Waals surface area contributed by atoms with Crippen molar-refractivity contribution in [3.63, 3.8) is 0 Å². The van der Waals surface area contributed by atoms with Gasteiger partial charge in [0.2, 0.25) is 0 Å². The molecular formula is C27H26N2O. The monoisotopic (exact) mass is 394 g/mol. The standard InChI is InChI=1S/C27H26N2O/c1-19(22-6-2-20(3-7-22)18-21-4-10-24(28)11-5-21)23-8-14-26(15-9-23)30-27-16-12-25(29)13-17-27/h2-17,19H,18,28-29H2,1H3/t19-/m0/s1. The fraction of sp³-hybridized carbons (Fsp3) is 0.111. The highest BCUT2D eigenvalue weighted by Gasteiger charge is 2.09. The number of rotatable bonds is 6. The molecule has 0 saturated heterocycles. The van der Waals surface area contributed by atoms with Crippen LogP contribution in [0.1, 0.15) is 35.1 Å². The molecule has 1 atom stereocenters. The van der Waals surface area contributed by atoms with Gasteiger partial charge in [0, 0.05) is 17.3 Å². The van der Waals surface area contributed by atoms with Crippen molar-refractivity contribution in [1.82, 2.24) is 0 Å². The van der Waals surface area contributed by atoms with Crippen molar-refractivity contribution in [1.29, 1.82) is 0 Å². The van der Waals surface area contributed by atoms with E-state index >= 15 is 0 Å². The Morgan fingerprint density at radius 3 is 1.43 bits per heavy atom. The van der Waals surface area contributed by atoms with Crippen LogP contribution in [0.5, 0.6) is 11.5 Å². The summed E-state index contributed by atoms with van der Waals surface area (Å²) >= 11 is 0. The number of benzene rings is 4. The Kier molecular flexibility index (Phi) is 5.71. The highest BCUT2D eigenvalue weighted by Crippen LogP contribution is 2.28. The largest absolute Gasteiger partial charge is 0.457 e. The van der Waals surface area contributed by atoms with Crippen LogP contribution in [0.15, 0.2) is 97.1 Å². The van der Waals surface area contributed by atoms with E-state index in [1.807, 2.05) is 48.5 Å². The van der Waals surface area contributed by atoms with E-state index in [9.17, 15) is 0 Å². The summed E-state index contributed by atoms with van der Waals surface area (Å²) in [5.41, 5.74) is 18.1. The summed E-state index contributed by atoms with van der Waals surface area (Å²) in [6, 6.07) is 32.6. The van der Waals surface area contributed by atoms with Crippen LogP contribution in [-0.4, -0.2) is 0 Å². The van der Waals surface area contributed by atoms with Gasteiger partial charge >= 0.3 is 0 Å². The van der Waals surface area contributed by atoms with E-state index in [1.165, 1.54) is 22.3 Å². The molecule has 150 valence electrons. The molecule has 4 aromatic rings. The van der Waals surface area contributed by atoms with E-state index in [0.29, 0.717) is 5.92 Å². The molecule has 0 aromatic heterocycles. The maximum Gasteiger partial charge on any atom is 0.127 e.